The lowest BCUT2D eigenvalue weighted by atomic mass is 10.0. The fourth-order valence-electron chi connectivity index (χ4n) is 2.32. The van der Waals surface area contributed by atoms with Crippen molar-refractivity contribution in [1.82, 2.24) is 4.98 Å². The Labute approximate surface area is 131 Å². The number of hydrogen-bond donors (Lipinski definition) is 1. The number of ether oxygens (including phenoxy) is 1. The van der Waals surface area contributed by atoms with Gasteiger partial charge in [-0.2, -0.15) is 0 Å². The van der Waals surface area contributed by atoms with Gasteiger partial charge in [-0.15, -0.1) is 11.3 Å². The molecule has 0 saturated carbocycles. The number of nitrogens with two attached hydrogens (primary N) is 1. The van der Waals surface area contributed by atoms with Crippen LogP contribution < -0.4 is 10.5 Å². The molecule has 1 unspecified atom stereocenters. The number of nitrogens with zero attached hydrogens (tertiary/aromatic N) is 1. The molecule has 1 heterocycles. The molecule has 0 aliphatic carbocycles. The van der Waals surface area contributed by atoms with Crippen LogP contribution in [0.4, 0.5) is 0 Å². The van der Waals surface area contributed by atoms with Gasteiger partial charge in [0.15, 0.2) is 0 Å². The second-order valence-electron chi connectivity index (χ2n) is 5.52. The van der Waals surface area contributed by atoms with E-state index in [0.717, 1.165) is 36.3 Å². The summed E-state index contributed by atoms with van der Waals surface area (Å²) in [6.07, 6.45) is 3.00. The van der Waals surface area contributed by atoms with Crippen LogP contribution in [0.25, 0.3) is 0 Å². The Morgan fingerprint density at radius 3 is 2.90 bits per heavy atom. The number of para-hydroxylation sites is 1. The lowest BCUT2D eigenvalue weighted by molar-refractivity contribution is 0.296. The Bertz CT molecular complexity index is 578. The van der Waals surface area contributed by atoms with Gasteiger partial charge in [-0.3, -0.25) is 0 Å². The molecule has 2 N–H and O–H groups in total. The fraction of sp³-hybridized carbons (Fsp3) is 0.471. The number of hydrogen-bond acceptors (Lipinski definition) is 4. The molecule has 2 rings (SSSR count). The van der Waals surface area contributed by atoms with Crippen LogP contribution in [0.15, 0.2) is 23.6 Å². The third-order valence-corrected chi connectivity index (χ3v) is 4.22. The first kappa shape index (κ1) is 16.0. The molecule has 0 spiro atoms. The molecular weight excluding hydrogens is 280 g/mol. The topological polar surface area (TPSA) is 48.1 Å². The average molecular weight is 304 g/mol. The molecule has 0 aliphatic heterocycles. The summed E-state index contributed by atoms with van der Waals surface area (Å²) in [5.41, 5.74) is 9.26. The minimum atomic E-state index is 0.129. The maximum Gasteiger partial charge on any atom is 0.131 e. The molecule has 114 valence electrons. The zero-order chi connectivity index (χ0) is 15.2. The highest BCUT2D eigenvalue weighted by Crippen LogP contribution is 2.26. The van der Waals surface area contributed by atoms with Crippen molar-refractivity contribution in [2.75, 3.05) is 0 Å². The first-order valence-electron chi connectivity index (χ1n) is 7.50. The van der Waals surface area contributed by atoms with Crippen molar-refractivity contribution in [3.8, 4) is 5.75 Å². The summed E-state index contributed by atoms with van der Waals surface area (Å²) in [5.74, 6) is 0.958. The number of benzene rings is 1. The largest absolute Gasteiger partial charge is 0.487 e. The fourth-order valence-corrected chi connectivity index (χ4v) is 3.20. The van der Waals surface area contributed by atoms with E-state index in [4.69, 9.17) is 10.5 Å². The molecule has 1 aromatic heterocycles. The minimum absolute atomic E-state index is 0.129. The van der Waals surface area contributed by atoms with Gasteiger partial charge in [0.2, 0.25) is 0 Å². The summed E-state index contributed by atoms with van der Waals surface area (Å²) < 4.78 is 6.03. The Kier molecular flexibility index (Phi) is 5.76. The van der Waals surface area contributed by atoms with Crippen molar-refractivity contribution >= 4 is 11.3 Å². The Balaban J connectivity index is 2.07. The van der Waals surface area contributed by atoms with Gasteiger partial charge in [-0.25, -0.2) is 4.98 Å². The van der Waals surface area contributed by atoms with Gasteiger partial charge in [-0.05, 0) is 44.2 Å². The van der Waals surface area contributed by atoms with Gasteiger partial charge in [0.1, 0.15) is 12.4 Å². The number of aromatic nitrogens is 1. The first-order valence-corrected chi connectivity index (χ1v) is 8.38. The van der Waals surface area contributed by atoms with Crippen molar-refractivity contribution in [3.63, 3.8) is 0 Å². The Hall–Kier alpha value is -1.39. The number of aryl methyl sites for hydroxylation is 2. The van der Waals surface area contributed by atoms with Crippen molar-refractivity contribution in [2.24, 2.45) is 5.73 Å². The van der Waals surface area contributed by atoms with Crippen LogP contribution in [0.2, 0.25) is 0 Å². The second-order valence-corrected chi connectivity index (χ2v) is 6.46. The zero-order valence-corrected chi connectivity index (χ0v) is 13.9. The summed E-state index contributed by atoms with van der Waals surface area (Å²) in [6.45, 7) is 6.79. The predicted octanol–water partition coefficient (Wildman–Crippen LogP) is 3.87. The lowest BCUT2D eigenvalue weighted by Gasteiger charge is -2.15. The summed E-state index contributed by atoms with van der Waals surface area (Å²) in [4.78, 5) is 4.60. The quantitative estimate of drug-likeness (QED) is 0.844. The molecule has 0 saturated heterocycles. The van der Waals surface area contributed by atoms with Crippen molar-refractivity contribution < 1.29 is 4.74 Å². The highest BCUT2D eigenvalue weighted by Gasteiger charge is 2.10. The molecule has 21 heavy (non-hydrogen) atoms. The van der Waals surface area contributed by atoms with E-state index in [2.05, 4.69) is 42.4 Å². The molecule has 0 aliphatic rings. The van der Waals surface area contributed by atoms with Gasteiger partial charge in [0, 0.05) is 11.4 Å². The van der Waals surface area contributed by atoms with Gasteiger partial charge in [0.05, 0.1) is 10.7 Å². The number of rotatable bonds is 7. The van der Waals surface area contributed by atoms with Crippen molar-refractivity contribution in [2.45, 2.75) is 52.7 Å². The molecular formula is C17H24N2OS. The van der Waals surface area contributed by atoms with E-state index in [1.54, 1.807) is 11.3 Å². The summed E-state index contributed by atoms with van der Waals surface area (Å²) in [6, 6.07) is 6.35. The van der Waals surface area contributed by atoms with Crippen LogP contribution in [0.5, 0.6) is 5.75 Å². The highest BCUT2D eigenvalue weighted by molar-refractivity contribution is 7.09. The molecule has 0 radical (unpaired) electrons. The van der Waals surface area contributed by atoms with Crippen molar-refractivity contribution in [1.29, 1.82) is 0 Å². The van der Waals surface area contributed by atoms with Crippen LogP contribution in [-0.4, -0.2) is 11.0 Å². The van der Waals surface area contributed by atoms with Crippen LogP contribution in [0, 0.1) is 6.92 Å². The predicted molar refractivity (Wildman–Crippen MR) is 89.0 cm³/mol. The molecule has 0 fully saturated rings. The Morgan fingerprint density at radius 1 is 1.38 bits per heavy atom. The first-order chi connectivity index (χ1) is 10.1. The van der Waals surface area contributed by atoms with E-state index in [9.17, 15) is 0 Å². The second kappa shape index (κ2) is 7.57. The van der Waals surface area contributed by atoms with E-state index in [-0.39, 0.29) is 6.04 Å². The average Bonchev–Trinajstić information content (AvgIpc) is 2.86. The van der Waals surface area contributed by atoms with E-state index in [1.165, 1.54) is 10.6 Å². The normalized spacial score (nSPS) is 12.4. The minimum Gasteiger partial charge on any atom is -0.487 e. The standard InChI is InChI=1S/C17H24N2OS/c1-4-6-16-19-15(11-21-16)10-20-17-12(2)7-5-8-14(17)9-13(3)18/h5,7-8,11,13H,4,6,9-10,18H2,1-3H3. The van der Waals surface area contributed by atoms with E-state index < -0.39 is 0 Å². The van der Waals surface area contributed by atoms with Crippen LogP contribution >= 0.6 is 11.3 Å². The van der Waals surface area contributed by atoms with Gasteiger partial charge < -0.3 is 10.5 Å². The SMILES string of the molecule is CCCc1nc(COc2c(C)cccc2CC(C)N)cs1. The monoisotopic (exact) mass is 304 g/mol. The summed E-state index contributed by atoms with van der Waals surface area (Å²) in [5, 5.41) is 3.28. The van der Waals surface area contributed by atoms with Crippen LogP contribution in [0.3, 0.4) is 0 Å². The molecule has 2 aromatic rings. The Morgan fingerprint density at radius 2 is 2.19 bits per heavy atom. The van der Waals surface area contributed by atoms with Crippen LogP contribution in [-0.2, 0) is 19.4 Å². The molecule has 4 heteroatoms. The van der Waals surface area contributed by atoms with E-state index >= 15 is 0 Å². The molecule has 0 bridgehead atoms. The maximum absolute atomic E-state index is 6.03. The summed E-state index contributed by atoms with van der Waals surface area (Å²) in [7, 11) is 0. The highest BCUT2D eigenvalue weighted by atomic mass is 32.1. The summed E-state index contributed by atoms with van der Waals surface area (Å²) >= 11 is 1.72. The van der Waals surface area contributed by atoms with Gasteiger partial charge >= 0.3 is 0 Å². The molecule has 1 atom stereocenters. The van der Waals surface area contributed by atoms with Crippen LogP contribution in [0.1, 0.15) is 42.1 Å². The van der Waals surface area contributed by atoms with Gasteiger partial charge in [0.25, 0.3) is 0 Å². The molecule has 0 amide bonds. The zero-order valence-electron chi connectivity index (χ0n) is 13.1. The lowest BCUT2D eigenvalue weighted by Crippen LogP contribution is -2.18. The third kappa shape index (κ3) is 4.55. The van der Waals surface area contributed by atoms with Gasteiger partial charge in [-0.1, -0.05) is 25.1 Å². The third-order valence-electron chi connectivity index (χ3n) is 3.26. The van der Waals surface area contributed by atoms with E-state index in [0.29, 0.717) is 6.61 Å². The van der Waals surface area contributed by atoms with Crippen molar-refractivity contribution in [3.05, 3.63) is 45.4 Å². The smallest absolute Gasteiger partial charge is 0.131 e. The maximum atomic E-state index is 6.03. The number of thiazole rings is 1. The molecule has 3 nitrogen and oxygen atoms in total. The van der Waals surface area contributed by atoms with E-state index in [1.807, 2.05) is 6.92 Å². The molecule has 1 aromatic carbocycles.